The summed E-state index contributed by atoms with van der Waals surface area (Å²) in [6.45, 7) is 18.8. The van der Waals surface area contributed by atoms with Crippen molar-refractivity contribution in [1.29, 1.82) is 0 Å². The standard InChI is InChI=1S/C15H32O2/c1-9-16-15(17-10-2,14(6,7)8)12-11-13(3,4)5/h9-12H2,1-8H3. The van der Waals surface area contributed by atoms with Crippen molar-refractivity contribution in [2.75, 3.05) is 13.2 Å². The molecular formula is C15H32O2. The summed E-state index contributed by atoms with van der Waals surface area (Å²) in [6, 6.07) is 0. The van der Waals surface area contributed by atoms with E-state index in [0.717, 1.165) is 12.8 Å². The Labute approximate surface area is 108 Å². The Morgan fingerprint density at radius 2 is 1.12 bits per heavy atom. The highest BCUT2D eigenvalue weighted by molar-refractivity contribution is 4.86. The van der Waals surface area contributed by atoms with Crippen LogP contribution in [-0.2, 0) is 9.47 Å². The molecule has 2 nitrogen and oxygen atoms in total. The van der Waals surface area contributed by atoms with Gasteiger partial charge in [-0.1, -0.05) is 41.5 Å². The zero-order valence-electron chi connectivity index (χ0n) is 13.1. The first-order valence-corrected chi connectivity index (χ1v) is 6.86. The molecule has 0 unspecified atom stereocenters. The van der Waals surface area contributed by atoms with Crippen molar-refractivity contribution >= 4 is 0 Å². The van der Waals surface area contributed by atoms with Crippen molar-refractivity contribution in [3.05, 3.63) is 0 Å². The lowest BCUT2D eigenvalue weighted by Crippen LogP contribution is -2.48. The molecule has 0 fully saturated rings. The van der Waals surface area contributed by atoms with Gasteiger partial charge < -0.3 is 9.47 Å². The second-order valence-corrected chi connectivity index (χ2v) is 6.93. The zero-order chi connectivity index (χ0) is 13.7. The van der Waals surface area contributed by atoms with Crippen LogP contribution in [0.15, 0.2) is 0 Å². The van der Waals surface area contributed by atoms with Crippen LogP contribution in [0.2, 0.25) is 0 Å². The van der Waals surface area contributed by atoms with Gasteiger partial charge in [-0.15, -0.1) is 0 Å². The van der Waals surface area contributed by atoms with Crippen LogP contribution in [0.4, 0.5) is 0 Å². The third-order valence-corrected chi connectivity index (χ3v) is 3.10. The average molecular weight is 244 g/mol. The fraction of sp³-hybridized carbons (Fsp3) is 1.00. The third kappa shape index (κ3) is 5.39. The molecule has 0 saturated heterocycles. The van der Waals surface area contributed by atoms with Gasteiger partial charge in [0.1, 0.15) is 0 Å². The van der Waals surface area contributed by atoms with E-state index in [-0.39, 0.29) is 5.41 Å². The summed E-state index contributed by atoms with van der Waals surface area (Å²) in [5, 5.41) is 0. The van der Waals surface area contributed by atoms with Crippen LogP contribution in [0.25, 0.3) is 0 Å². The van der Waals surface area contributed by atoms with E-state index in [4.69, 9.17) is 9.47 Å². The SMILES string of the molecule is CCOC(CCC(C)(C)C)(OCC)C(C)(C)C. The van der Waals surface area contributed by atoms with Gasteiger partial charge in [-0.2, -0.15) is 0 Å². The minimum absolute atomic E-state index is 0.00965. The van der Waals surface area contributed by atoms with Crippen molar-refractivity contribution in [3.8, 4) is 0 Å². The molecule has 0 aromatic heterocycles. The van der Waals surface area contributed by atoms with Gasteiger partial charge in [-0.05, 0) is 25.7 Å². The van der Waals surface area contributed by atoms with Crippen molar-refractivity contribution in [1.82, 2.24) is 0 Å². The molecule has 0 bridgehead atoms. The fourth-order valence-corrected chi connectivity index (χ4v) is 2.00. The summed E-state index contributed by atoms with van der Waals surface area (Å²) in [5.74, 6) is -0.455. The second kappa shape index (κ2) is 6.19. The summed E-state index contributed by atoms with van der Waals surface area (Å²) in [6.07, 6.45) is 2.05. The maximum Gasteiger partial charge on any atom is 0.172 e. The molecule has 0 aliphatic heterocycles. The molecule has 0 aromatic carbocycles. The van der Waals surface area contributed by atoms with Crippen LogP contribution in [0.5, 0.6) is 0 Å². The zero-order valence-corrected chi connectivity index (χ0v) is 13.1. The number of hydrogen-bond acceptors (Lipinski definition) is 2. The van der Waals surface area contributed by atoms with E-state index in [1.165, 1.54) is 0 Å². The van der Waals surface area contributed by atoms with Gasteiger partial charge >= 0.3 is 0 Å². The Hall–Kier alpha value is -0.0800. The fourth-order valence-electron chi connectivity index (χ4n) is 2.00. The highest BCUT2D eigenvalue weighted by Gasteiger charge is 2.44. The molecule has 0 spiro atoms. The average Bonchev–Trinajstić information content (AvgIpc) is 2.12. The number of hydrogen-bond donors (Lipinski definition) is 0. The Kier molecular flexibility index (Phi) is 6.16. The number of rotatable bonds is 6. The van der Waals surface area contributed by atoms with Crippen molar-refractivity contribution in [2.45, 2.75) is 74.0 Å². The molecule has 0 heterocycles. The van der Waals surface area contributed by atoms with E-state index in [1.54, 1.807) is 0 Å². The Bertz CT molecular complexity index is 202. The van der Waals surface area contributed by atoms with Gasteiger partial charge in [0.15, 0.2) is 5.79 Å². The van der Waals surface area contributed by atoms with Gasteiger partial charge in [0.05, 0.1) is 0 Å². The molecule has 17 heavy (non-hydrogen) atoms. The lowest BCUT2D eigenvalue weighted by atomic mass is 9.78. The van der Waals surface area contributed by atoms with Crippen molar-refractivity contribution in [2.24, 2.45) is 10.8 Å². The first kappa shape index (κ1) is 16.9. The smallest absolute Gasteiger partial charge is 0.172 e. The lowest BCUT2D eigenvalue weighted by Gasteiger charge is -2.45. The van der Waals surface area contributed by atoms with E-state index < -0.39 is 5.79 Å². The molecule has 0 amide bonds. The first-order chi connectivity index (χ1) is 7.58. The molecule has 0 radical (unpaired) electrons. The largest absolute Gasteiger partial charge is 0.350 e. The molecule has 0 aliphatic carbocycles. The Morgan fingerprint density at radius 3 is 1.35 bits per heavy atom. The van der Waals surface area contributed by atoms with Crippen molar-refractivity contribution in [3.63, 3.8) is 0 Å². The predicted molar refractivity (Wildman–Crippen MR) is 74.1 cm³/mol. The van der Waals surface area contributed by atoms with E-state index in [1.807, 2.05) is 13.8 Å². The van der Waals surface area contributed by atoms with Gasteiger partial charge in [0, 0.05) is 25.0 Å². The van der Waals surface area contributed by atoms with Gasteiger partial charge in [0.2, 0.25) is 0 Å². The topological polar surface area (TPSA) is 18.5 Å². The molecule has 0 rings (SSSR count). The van der Waals surface area contributed by atoms with E-state index in [0.29, 0.717) is 18.6 Å². The summed E-state index contributed by atoms with van der Waals surface area (Å²) in [7, 11) is 0. The third-order valence-electron chi connectivity index (χ3n) is 3.10. The minimum Gasteiger partial charge on any atom is -0.350 e. The van der Waals surface area contributed by atoms with Crippen LogP contribution in [0.1, 0.15) is 68.2 Å². The van der Waals surface area contributed by atoms with Gasteiger partial charge in [0.25, 0.3) is 0 Å². The monoisotopic (exact) mass is 244 g/mol. The second-order valence-electron chi connectivity index (χ2n) is 6.93. The first-order valence-electron chi connectivity index (χ1n) is 6.86. The highest BCUT2D eigenvalue weighted by Crippen LogP contribution is 2.41. The van der Waals surface area contributed by atoms with Crippen LogP contribution >= 0.6 is 0 Å². The molecular weight excluding hydrogens is 212 g/mol. The highest BCUT2D eigenvalue weighted by atomic mass is 16.7. The van der Waals surface area contributed by atoms with Gasteiger partial charge in [-0.3, -0.25) is 0 Å². The van der Waals surface area contributed by atoms with Crippen LogP contribution < -0.4 is 0 Å². The van der Waals surface area contributed by atoms with E-state index >= 15 is 0 Å². The van der Waals surface area contributed by atoms with Crippen LogP contribution in [-0.4, -0.2) is 19.0 Å². The summed E-state index contributed by atoms with van der Waals surface area (Å²) in [5.41, 5.74) is 0.301. The molecule has 0 atom stereocenters. The lowest BCUT2D eigenvalue weighted by molar-refractivity contribution is -0.291. The summed E-state index contributed by atoms with van der Waals surface area (Å²) < 4.78 is 12.0. The molecule has 0 N–H and O–H groups in total. The molecule has 0 aliphatic rings. The maximum atomic E-state index is 6.01. The Morgan fingerprint density at radius 1 is 0.706 bits per heavy atom. The van der Waals surface area contributed by atoms with E-state index in [2.05, 4.69) is 41.5 Å². The maximum absolute atomic E-state index is 6.01. The Balaban J connectivity index is 4.91. The van der Waals surface area contributed by atoms with Crippen LogP contribution in [0, 0.1) is 10.8 Å². The van der Waals surface area contributed by atoms with E-state index in [9.17, 15) is 0 Å². The molecule has 0 saturated carbocycles. The summed E-state index contributed by atoms with van der Waals surface area (Å²) in [4.78, 5) is 0. The molecule has 0 aromatic rings. The minimum atomic E-state index is -0.455. The quantitative estimate of drug-likeness (QED) is 0.634. The predicted octanol–water partition coefficient (Wildman–Crippen LogP) is 4.63. The molecule has 104 valence electrons. The summed E-state index contributed by atoms with van der Waals surface area (Å²) >= 11 is 0. The van der Waals surface area contributed by atoms with Crippen molar-refractivity contribution < 1.29 is 9.47 Å². The number of ether oxygens (including phenoxy) is 2. The van der Waals surface area contributed by atoms with Gasteiger partial charge in [-0.25, -0.2) is 0 Å². The normalized spacial score (nSPS) is 14.1. The molecule has 2 heteroatoms. The van der Waals surface area contributed by atoms with Crippen LogP contribution in [0.3, 0.4) is 0 Å².